The minimum Gasteiger partial charge on any atom is -0.493 e. The zero-order valence-corrected chi connectivity index (χ0v) is 16.5. The average Bonchev–Trinajstić information content (AvgIpc) is 2.63. The van der Waals surface area contributed by atoms with Crippen LogP contribution in [0.4, 0.5) is 0 Å². The Hall–Kier alpha value is -1.76. The van der Waals surface area contributed by atoms with Crippen molar-refractivity contribution in [3.05, 3.63) is 53.1 Å². The normalized spacial score (nSPS) is 10.9. The number of ether oxygens (including phenoxy) is 1. The summed E-state index contributed by atoms with van der Waals surface area (Å²) in [5.74, 6) is 1.04. The molecule has 2 aromatic rings. The molecule has 0 unspecified atom stereocenters. The number of aryl methyl sites for hydroxylation is 1. The fourth-order valence-corrected chi connectivity index (χ4v) is 3.23. The second-order valence-electron chi connectivity index (χ2n) is 7.07. The van der Waals surface area contributed by atoms with Gasteiger partial charge in [-0.15, -0.1) is 0 Å². The van der Waals surface area contributed by atoms with E-state index in [1.807, 2.05) is 0 Å². The number of benzene rings is 2. The molecular weight excluding hydrogens is 304 g/mol. The maximum atomic E-state index is 5.98. The van der Waals surface area contributed by atoms with Crippen LogP contribution in [0.5, 0.6) is 5.75 Å². The molecule has 0 bridgehead atoms. The summed E-state index contributed by atoms with van der Waals surface area (Å²) in [6, 6.07) is 13.5. The van der Waals surface area contributed by atoms with E-state index in [4.69, 9.17) is 4.74 Å². The van der Waals surface area contributed by atoms with Gasteiger partial charge in [-0.3, -0.25) is 0 Å². The Morgan fingerprint density at radius 1 is 0.720 bits per heavy atom. The molecule has 25 heavy (non-hydrogen) atoms. The lowest BCUT2D eigenvalue weighted by Gasteiger charge is -2.15. The molecule has 2 aromatic carbocycles. The SMILES string of the molecule is CCCCCOc1ccc(-c2ccc(CCCCC)cc2)c(C)c1C. The Labute approximate surface area is 154 Å². The molecule has 0 atom stereocenters. The molecular formula is C24H34O. The smallest absolute Gasteiger partial charge is 0.122 e. The van der Waals surface area contributed by atoms with Gasteiger partial charge >= 0.3 is 0 Å². The molecule has 1 heteroatoms. The van der Waals surface area contributed by atoms with Crippen molar-refractivity contribution < 1.29 is 4.74 Å². The number of hydrogen-bond acceptors (Lipinski definition) is 1. The van der Waals surface area contributed by atoms with Crippen LogP contribution in [-0.4, -0.2) is 6.61 Å². The van der Waals surface area contributed by atoms with Crippen LogP contribution >= 0.6 is 0 Å². The number of rotatable bonds is 10. The molecule has 0 saturated heterocycles. The van der Waals surface area contributed by atoms with Crippen LogP contribution in [0.25, 0.3) is 11.1 Å². The lowest BCUT2D eigenvalue weighted by molar-refractivity contribution is 0.304. The van der Waals surface area contributed by atoms with E-state index in [0.29, 0.717) is 0 Å². The van der Waals surface area contributed by atoms with Gasteiger partial charge < -0.3 is 4.74 Å². The fraction of sp³-hybridized carbons (Fsp3) is 0.500. The van der Waals surface area contributed by atoms with Crippen molar-refractivity contribution in [1.82, 2.24) is 0 Å². The number of hydrogen-bond donors (Lipinski definition) is 0. The summed E-state index contributed by atoms with van der Waals surface area (Å²) in [5.41, 5.74) is 6.66. The lowest BCUT2D eigenvalue weighted by atomic mass is 9.95. The summed E-state index contributed by atoms with van der Waals surface area (Å²) in [5, 5.41) is 0. The highest BCUT2D eigenvalue weighted by Gasteiger charge is 2.09. The molecule has 2 rings (SSSR count). The van der Waals surface area contributed by atoms with Gasteiger partial charge in [0.2, 0.25) is 0 Å². The van der Waals surface area contributed by atoms with Gasteiger partial charge in [-0.05, 0) is 67.0 Å². The highest BCUT2D eigenvalue weighted by Crippen LogP contribution is 2.31. The first-order valence-corrected chi connectivity index (χ1v) is 9.99. The van der Waals surface area contributed by atoms with Crippen molar-refractivity contribution in [2.24, 2.45) is 0 Å². The lowest BCUT2D eigenvalue weighted by Crippen LogP contribution is -2.00. The fourth-order valence-electron chi connectivity index (χ4n) is 3.23. The standard InChI is InChI=1S/C24H34O/c1-5-7-9-11-21-12-14-22(15-13-21)23-16-17-24(20(4)19(23)3)25-18-10-8-6-2/h12-17H,5-11,18H2,1-4H3. The van der Waals surface area contributed by atoms with E-state index in [1.165, 1.54) is 66.3 Å². The molecule has 0 saturated carbocycles. The van der Waals surface area contributed by atoms with E-state index >= 15 is 0 Å². The van der Waals surface area contributed by atoms with Gasteiger partial charge in [-0.1, -0.05) is 69.9 Å². The predicted molar refractivity (Wildman–Crippen MR) is 110 cm³/mol. The zero-order valence-electron chi connectivity index (χ0n) is 16.5. The minimum atomic E-state index is 0.819. The van der Waals surface area contributed by atoms with Crippen molar-refractivity contribution in [1.29, 1.82) is 0 Å². The second-order valence-corrected chi connectivity index (χ2v) is 7.07. The molecule has 136 valence electrons. The molecule has 0 fully saturated rings. The molecule has 1 nitrogen and oxygen atoms in total. The van der Waals surface area contributed by atoms with Crippen LogP contribution < -0.4 is 4.74 Å². The third-order valence-electron chi connectivity index (χ3n) is 5.08. The van der Waals surface area contributed by atoms with Crippen LogP contribution in [0.2, 0.25) is 0 Å². The summed E-state index contributed by atoms with van der Waals surface area (Å²) in [7, 11) is 0. The third-order valence-corrected chi connectivity index (χ3v) is 5.08. The third kappa shape index (κ3) is 5.63. The first-order valence-electron chi connectivity index (χ1n) is 9.99. The van der Waals surface area contributed by atoms with Crippen molar-refractivity contribution in [3.8, 4) is 16.9 Å². The van der Waals surface area contributed by atoms with Crippen LogP contribution in [-0.2, 0) is 6.42 Å². The zero-order chi connectivity index (χ0) is 18.1. The Morgan fingerprint density at radius 3 is 2.08 bits per heavy atom. The molecule has 0 heterocycles. The van der Waals surface area contributed by atoms with Crippen molar-refractivity contribution >= 4 is 0 Å². The molecule has 0 aliphatic heterocycles. The Balaban J connectivity index is 2.07. The van der Waals surface area contributed by atoms with Gasteiger partial charge in [0.1, 0.15) is 5.75 Å². The first-order chi connectivity index (χ1) is 12.2. The Kier molecular flexibility index (Phi) is 8.04. The van der Waals surface area contributed by atoms with E-state index in [-0.39, 0.29) is 0 Å². The van der Waals surface area contributed by atoms with Crippen molar-refractivity contribution in [2.45, 2.75) is 72.6 Å². The highest BCUT2D eigenvalue weighted by atomic mass is 16.5. The largest absolute Gasteiger partial charge is 0.493 e. The number of unbranched alkanes of at least 4 members (excludes halogenated alkanes) is 4. The molecule has 0 aliphatic carbocycles. The van der Waals surface area contributed by atoms with Crippen molar-refractivity contribution in [3.63, 3.8) is 0 Å². The molecule has 0 N–H and O–H groups in total. The van der Waals surface area contributed by atoms with Crippen LogP contribution in [0.15, 0.2) is 36.4 Å². The van der Waals surface area contributed by atoms with E-state index in [0.717, 1.165) is 18.8 Å². The molecule has 0 aromatic heterocycles. The van der Waals surface area contributed by atoms with Crippen LogP contribution in [0, 0.1) is 13.8 Å². The van der Waals surface area contributed by atoms with Gasteiger partial charge in [0.25, 0.3) is 0 Å². The second kappa shape index (κ2) is 10.3. The van der Waals surface area contributed by atoms with Crippen LogP contribution in [0.1, 0.15) is 69.1 Å². The summed E-state index contributed by atoms with van der Waals surface area (Å²) >= 11 is 0. The van der Waals surface area contributed by atoms with Gasteiger partial charge in [-0.2, -0.15) is 0 Å². The topological polar surface area (TPSA) is 9.23 Å². The van der Waals surface area contributed by atoms with Gasteiger partial charge in [0, 0.05) is 0 Å². The van der Waals surface area contributed by atoms with Crippen LogP contribution in [0.3, 0.4) is 0 Å². The summed E-state index contributed by atoms with van der Waals surface area (Å²) in [6.07, 6.45) is 8.68. The predicted octanol–water partition coefficient (Wildman–Crippen LogP) is 7.27. The Morgan fingerprint density at radius 2 is 1.40 bits per heavy atom. The van der Waals surface area contributed by atoms with Crippen molar-refractivity contribution in [2.75, 3.05) is 6.61 Å². The minimum absolute atomic E-state index is 0.819. The van der Waals surface area contributed by atoms with E-state index < -0.39 is 0 Å². The Bertz CT molecular complexity index is 640. The summed E-state index contributed by atoms with van der Waals surface area (Å²) < 4.78 is 5.98. The van der Waals surface area contributed by atoms with E-state index in [9.17, 15) is 0 Å². The van der Waals surface area contributed by atoms with Gasteiger partial charge in [0.15, 0.2) is 0 Å². The first kappa shape index (κ1) is 19.6. The summed E-state index contributed by atoms with van der Waals surface area (Å²) in [4.78, 5) is 0. The monoisotopic (exact) mass is 338 g/mol. The maximum absolute atomic E-state index is 5.98. The highest BCUT2D eigenvalue weighted by molar-refractivity contribution is 5.70. The average molecular weight is 339 g/mol. The summed E-state index contributed by atoms with van der Waals surface area (Å²) in [6.45, 7) is 9.68. The molecule has 0 radical (unpaired) electrons. The van der Waals surface area contributed by atoms with Gasteiger partial charge in [-0.25, -0.2) is 0 Å². The van der Waals surface area contributed by atoms with Gasteiger partial charge in [0.05, 0.1) is 6.61 Å². The van der Waals surface area contributed by atoms with E-state index in [1.54, 1.807) is 0 Å². The van der Waals surface area contributed by atoms with E-state index in [2.05, 4.69) is 64.1 Å². The maximum Gasteiger partial charge on any atom is 0.122 e. The molecule has 0 amide bonds. The quantitative estimate of drug-likeness (QED) is 0.414. The molecule has 0 spiro atoms. The molecule has 0 aliphatic rings.